The van der Waals surface area contributed by atoms with E-state index in [2.05, 4.69) is 26.8 Å². The summed E-state index contributed by atoms with van der Waals surface area (Å²) >= 11 is 0. The number of allylic oxidation sites excluding steroid dienone is 3. The number of carbonyl (C=O) groups excluding carboxylic acids is 1. The third-order valence-corrected chi connectivity index (χ3v) is 4.40. The monoisotopic (exact) mass is 382 g/mol. The number of esters is 1. The van der Waals surface area contributed by atoms with Gasteiger partial charge in [-0.1, -0.05) is 47.6 Å². The van der Waals surface area contributed by atoms with E-state index in [0.717, 1.165) is 24.0 Å². The molecule has 0 saturated heterocycles. The minimum atomic E-state index is -0.743. The molecule has 0 aliphatic carbocycles. The van der Waals surface area contributed by atoms with Gasteiger partial charge in [-0.15, -0.1) is 0 Å². The average Bonchev–Trinajstić information content (AvgIpc) is 3.15. The van der Waals surface area contributed by atoms with Crippen molar-refractivity contribution >= 4 is 5.97 Å². The van der Waals surface area contributed by atoms with Gasteiger partial charge >= 0.3 is 5.97 Å². The first-order valence-corrected chi connectivity index (χ1v) is 9.59. The number of furan rings is 1. The van der Waals surface area contributed by atoms with E-state index in [-0.39, 0.29) is 6.10 Å². The molecule has 0 saturated carbocycles. The van der Waals surface area contributed by atoms with Crippen LogP contribution in [0.5, 0.6) is 0 Å². The summed E-state index contributed by atoms with van der Waals surface area (Å²) in [7, 11) is 1.52. The molecule has 28 heavy (non-hydrogen) atoms. The van der Waals surface area contributed by atoms with Crippen LogP contribution < -0.4 is 0 Å². The Morgan fingerprint density at radius 3 is 2.50 bits per heavy atom. The molecule has 2 rings (SSSR count). The summed E-state index contributed by atoms with van der Waals surface area (Å²) in [5, 5.41) is 0. The van der Waals surface area contributed by atoms with Crippen LogP contribution in [0.2, 0.25) is 0 Å². The zero-order valence-corrected chi connectivity index (χ0v) is 17.2. The maximum Gasteiger partial charge on any atom is 0.340 e. The molecule has 4 nitrogen and oxygen atoms in total. The third-order valence-electron chi connectivity index (χ3n) is 4.40. The van der Waals surface area contributed by atoms with Gasteiger partial charge < -0.3 is 13.9 Å². The van der Waals surface area contributed by atoms with Crippen molar-refractivity contribution in [3.63, 3.8) is 0 Å². The van der Waals surface area contributed by atoms with Gasteiger partial charge in [-0.3, -0.25) is 0 Å². The number of methoxy groups -OCH3 is 1. The van der Waals surface area contributed by atoms with E-state index in [1.807, 2.05) is 42.5 Å². The molecule has 0 aliphatic rings. The molecule has 0 N–H and O–H groups in total. The Balaban J connectivity index is 2.11. The van der Waals surface area contributed by atoms with Crippen molar-refractivity contribution in [3.8, 4) is 0 Å². The molecule has 0 fully saturated rings. The van der Waals surface area contributed by atoms with Gasteiger partial charge in [-0.2, -0.15) is 0 Å². The summed E-state index contributed by atoms with van der Waals surface area (Å²) in [6, 6.07) is 11.3. The molecule has 0 radical (unpaired) electrons. The highest BCUT2D eigenvalue weighted by Gasteiger charge is 2.24. The van der Waals surface area contributed by atoms with Gasteiger partial charge in [0.1, 0.15) is 6.10 Å². The molecule has 4 heteroatoms. The van der Waals surface area contributed by atoms with Crippen molar-refractivity contribution in [3.05, 3.63) is 83.3 Å². The van der Waals surface area contributed by atoms with Crippen molar-refractivity contribution in [1.82, 2.24) is 0 Å². The van der Waals surface area contributed by atoms with Crippen LogP contribution in [0, 0.1) is 0 Å². The van der Waals surface area contributed by atoms with Crippen LogP contribution in [0.3, 0.4) is 0 Å². The van der Waals surface area contributed by atoms with Gasteiger partial charge in [0.25, 0.3) is 0 Å². The van der Waals surface area contributed by atoms with E-state index in [0.29, 0.717) is 6.42 Å². The number of carbonyl (C=O) groups is 1. The minimum absolute atomic E-state index is 0.377. The van der Waals surface area contributed by atoms with Crippen LogP contribution >= 0.6 is 0 Å². The molecule has 1 aromatic carbocycles. The van der Waals surface area contributed by atoms with Gasteiger partial charge in [-0.25, -0.2) is 4.79 Å². The molecule has 0 bridgehead atoms. The van der Waals surface area contributed by atoms with Crippen molar-refractivity contribution in [2.45, 2.75) is 52.2 Å². The summed E-state index contributed by atoms with van der Waals surface area (Å²) in [4.78, 5) is 12.8. The quantitative estimate of drug-likeness (QED) is 0.384. The number of hydrogen-bond acceptors (Lipinski definition) is 4. The average molecular weight is 382 g/mol. The van der Waals surface area contributed by atoms with Crippen molar-refractivity contribution in [2.24, 2.45) is 0 Å². The fourth-order valence-electron chi connectivity index (χ4n) is 2.97. The van der Waals surface area contributed by atoms with Gasteiger partial charge in [0.2, 0.25) is 0 Å². The Morgan fingerprint density at radius 2 is 1.89 bits per heavy atom. The second-order valence-corrected chi connectivity index (χ2v) is 7.17. The van der Waals surface area contributed by atoms with Gasteiger partial charge in [-0.05, 0) is 56.9 Å². The highest BCUT2D eigenvalue weighted by Crippen LogP contribution is 2.21. The highest BCUT2D eigenvalue weighted by atomic mass is 16.6. The van der Waals surface area contributed by atoms with Crippen molar-refractivity contribution in [1.29, 1.82) is 0 Å². The fourth-order valence-corrected chi connectivity index (χ4v) is 2.97. The minimum Gasteiger partial charge on any atom is -0.472 e. The van der Waals surface area contributed by atoms with Gasteiger partial charge in [0.05, 0.1) is 12.5 Å². The van der Waals surface area contributed by atoms with Crippen LogP contribution in [-0.2, 0) is 20.7 Å². The first kappa shape index (κ1) is 21.7. The Morgan fingerprint density at radius 1 is 1.14 bits per heavy atom. The number of hydrogen-bond donors (Lipinski definition) is 0. The molecule has 2 aromatic rings. The largest absolute Gasteiger partial charge is 0.472 e. The smallest absolute Gasteiger partial charge is 0.340 e. The molecule has 150 valence electrons. The van der Waals surface area contributed by atoms with Gasteiger partial charge in [0.15, 0.2) is 6.10 Å². The second kappa shape index (κ2) is 11.3. The van der Waals surface area contributed by atoms with Crippen LogP contribution in [0.4, 0.5) is 0 Å². The van der Waals surface area contributed by atoms with E-state index < -0.39 is 12.1 Å². The Bertz CT molecular complexity index is 768. The summed E-state index contributed by atoms with van der Waals surface area (Å²) in [5.74, 6) is -0.393. The van der Waals surface area contributed by atoms with Crippen LogP contribution in [0.1, 0.15) is 50.8 Å². The zero-order chi connectivity index (χ0) is 20.4. The Hall–Kier alpha value is -2.59. The predicted octanol–water partition coefficient (Wildman–Crippen LogP) is 5.81. The lowest BCUT2D eigenvalue weighted by Crippen LogP contribution is -2.25. The topological polar surface area (TPSA) is 48.7 Å². The Kier molecular flexibility index (Phi) is 8.76. The summed E-state index contributed by atoms with van der Waals surface area (Å²) in [6.45, 7) is 6.26. The van der Waals surface area contributed by atoms with E-state index in [1.54, 1.807) is 12.5 Å². The number of rotatable bonds is 10. The third kappa shape index (κ3) is 7.20. The molecule has 0 spiro atoms. The number of ether oxygens (including phenoxy) is 2. The van der Waals surface area contributed by atoms with Crippen LogP contribution in [-0.4, -0.2) is 19.2 Å². The van der Waals surface area contributed by atoms with E-state index in [9.17, 15) is 4.79 Å². The lowest BCUT2D eigenvalue weighted by Gasteiger charge is -2.20. The zero-order valence-electron chi connectivity index (χ0n) is 17.2. The first-order valence-electron chi connectivity index (χ1n) is 9.59. The second-order valence-electron chi connectivity index (χ2n) is 7.17. The number of benzene rings is 1. The van der Waals surface area contributed by atoms with Crippen molar-refractivity contribution in [2.75, 3.05) is 7.11 Å². The standard InChI is InChI=1S/C24H30O4/c1-18(2)9-8-10-19(3)15-22(16-20-13-14-27-17-20)28-24(25)23(26-4)21-11-6-5-7-12-21/h5-7,9,11-15,17,22-23H,8,10,16H2,1-4H3/b19-15-/t22-,23+/m0/s1. The molecular weight excluding hydrogens is 352 g/mol. The molecule has 2 atom stereocenters. The lowest BCUT2D eigenvalue weighted by molar-refractivity contribution is -0.159. The predicted molar refractivity (Wildman–Crippen MR) is 111 cm³/mol. The molecule has 1 aromatic heterocycles. The normalized spacial score (nSPS) is 13.6. The first-order chi connectivity index (χ1) is 13.5. The molecule has 0 aliphatic heterocycles. The van der Waals surface area contributed by atoms with E-state index >= 15 is 0 Å². The lowest BCUT2D eigenvalue weighted by atomic mass is 10.0. The van der Waals surface area contributed by atoms with Crippen LogP contribution in [0.25, 0.3) is 0 Å². The fraction of sp³-hybridized carbons (Fsp3) is 0.375. The maximum absolute atomic E-state index is 12.8. The van der Waals surface area contributed by atoms with Gasteiger partial charge in [0, 0.05) is 13.5 Å². The molecule has 0 amide bonds. The highest BCUT2D eigenvalue weighted by molar-refractivity contribution is 5.76. The SMILES string of the molecule is CO[C@@H](C(=O)O[C@@H](/C=C(/C)CCC=C(C)C)Cc1ccoc1)c1ccccc1. The Labute approximate surface area is 167 Å². The summed E-state index contributed by atoms with van der Waals surface area (Å²) < 4.78 is 16.4. The summed E-state index contributed by atoms with van der Waals surface area (Å²) in [5.41, 5.74) is 4.26. The molecule has 0 unspecified atom stereocenters. The van der Waals surface area contributed by atoms with Crippen molar-refractivity contribution < 1.29 is 18.7 Å². The van der Waals surface area contributed by atoms with E-state index in [4.69, 9.17) is 13.9 Å². The van der Waals surface area contributed by atoms with E-state index in [1.165, 1.54) is 18.3 Å². The molecule has 1 heterocycles. The maximum atomic E-state index is 12.8. The van der Waals surface area contributed by atoms with Crippen LogP contribution in [0.15, 0.2) is 76.6 Å². The molecular formula is C24H30O4. The summed E-state index contributed by atoms with van der Waals surface area (Å²) in [6.07, 6.45) is 8.89.